The molecule has 1 aliphatic carbocycles. The zero-order valence-electron chi connectivity index (χ0n) is 29.2. The predicted octanol–water partition coefficient (Wildman–Crippen LogP) is 4.54. The number of aromatic nitrogens is 8. The first-order valence-electron chi connectivity index (χ1n) is 17.3. The van der Waals surface area contributed by atoms with Crippen LogP contribution < -0.4 is 15.8 Å². The molecule has 1 aromatic carbocycles. The standard InChI is InChI=1S/C35H35ClF3N11O4/c1-3-26-29(46-13-15-47(16-14-46)32(53)28-30(52)20(2)40-19-41-28)33(54)50-34(44-31(45-50)21-5-8-23(9-6-21)49-12-4-11-42-49)48(26)18-27(51)43-25-10-7-22(17-24(25)36)35(37,38)39/h4-5,7,10-12,17,19,23,52H,3,6,8-9,13-16,18H2,1-2H3,(H,43,51). The minimum Gasteiger partial charge on any atom is -0.504 e. The number of hydrogen-bond donors (Lipinski definition) is 2. The molecule has 5 heterocycles. The van der Waals surface area contributed by atoms with E-state index in [0.717, 1.165) is 30.2 Å². The maximum absolute atomic E-state index is 14.4. The lowest BCUT2D eigenvalue weighted by molar-refractivity contribution is -0.137. The van der Waals surface area contributed by atoms with E-state index < -0.39 is 29.1 Å². The summed E-state index contributed by atoms with van der Waals surface area (Å²) in [5.41, 5.74) is 0.299. The number of alkyl halides is 3. The van der Waals surface area contributed by atoms with Crippen molar-refractivity contribution >= 4 is 46.1 Å². The molecule has 0 saturated carbocycles. The number of fused-ring (bicyclic) bond motifs is 1. The third-order valence-corrected chi connectivity index (χ3v) is 10.0. The summed E-state index contributed by atoms with van der Waals surface area (Å²) in [5, 5.41) is 21.7. The van der Waals surface area contributed by atoms with Crippen LogP contribution in [0.2, 0.25) is 5.02 Å². The SMILES string of the molecule is CCc1c(N2CCN(C(=O)c3ncnc(C)c3O)CC2)c(=O)n2nc(C3=CCC(n4cccn4)CC3)nc2n1CC(=O)Nc1ccc(C(F)(F)F)cc1Cl. The first-order valence-corrected chi connectivity index (χ1v) is 17.6. The number of nitrogens with one attached hydrogen (secondary N) is 1. The summed E-state index contributed by atoms with van der Waals surface area (Å²) in [5.74, 6) is -0.948. The third kappa shape index (κ3) is 7.00. The van der Waals surface area contributed by atoms with Gasteiger partial charge in [0, 0.05) is 38.6 Å². The van der Waals surface area contributed by atoms with Crippen LogP contribution in [-0.4, -0.2) is 86.9 Å². The maximum atomic E-state index is 14.4. The summed E-state index contributed by atoms with van der Waals surface area (Å²) in [6.07, 6.45) is 4.60. The van der Waals surface area contributed by atoms with Gasteiger partial charge in [-0.25, -0.2) is 9.97 Å². The quantitative estimate of drug-likeness (QED) is 0.229. The summed E-state index contributed by atoms with van der Waals surface area (Å²) in [7, 11) is 0. The normalized spacial score (nSPS) is 16.5. The molecule has 0 spiro atoms. The Bertz CT molecular complexity index is 2330. The molecule has 0 bridgehead atoms. The van der Waals surface area contributed by atoms with Crippen LogP contribution in [0.25, 0.3) is 11.4 Å². The zero-order valence-corrected chi connectivity index (χ0v) is 30.0. The molecule has 54 heavy (non-hydrogen) atoms. The van der Waals surface area contributed by atoms with Crippen molar-refractivity contribution in [2.75, 3.05) is 36.4 Å². The van der Waals surface area contributed by atoms with Crippen molar-refractivity contribution in [3.05, 3.63) is 92.9 Å². The molecular formula is C35H35ClF3N11O4. The van der Waals surface area contributed by atoms with Crippen LogP contribution in [0.5, 0.6) is 5.75 Å². The molecule has 1 aliphatic heterocycles. The lowest BCUT2D eigenvalue weighted by atomic mass is 9.95. The van der Waals surface area contributed by atoms with Crippen molar-refractivity contribution in [2.24, 2.45) is 0 Å². The number of benzene rings is 1. The Morgan fingerprint density at radius 2 is 1.91 bits per heavy atom. The lowest BCUT2D eigenvalue weighted by Crippen LogP contribution is -2.51. The van der Waals surface area contributed by atoms with Gasteiger partial charge < -0.3 is 24.8 Å². The Morgan fingerprint density at radius 3 is 2.56 bits per heavy atom. The van der Waals surface area contributed by atoms with Gasteiger partial charge in [-0.1, -0.05) is 24.6 Å². The molecular weight excluding hydrogens is 731 g/mol. The van der Waals surface area contributed by atoms with Gasteiger partial charge in [-0.2, -0.15) is 27.8 Å². The van der Waals surface area contributed by atoms with Crippen LogP contribution in [0.3, 0.4) is 0 Å². The van der Waals surface area contributed by atoms with Gasteiger partial charge in [-0.05, 0) is 62.4 Å². The van der Waals surface area contributed by atoms with Gasteiger partial charge in [0.25, 0.3) is 11.5 Å². The monoisotopic (exact) mass is 765 g/mol. The molecule has 2 amide bonds. The number of anilines is 2. The molecule has 1 fully saturated rings. The number of carbonyl (C=O) groups is 2. The van der Waals surface area contributed by atoms with E-state index in [4.69, 9.17) is 16.6 Å². The van der Waals surface area contributed by atoms with Gasteiger partial charge in [-0.15, -0.1) is 5.10 Å². The number of aryl methyl sites for hydroxylation is 1. The molecule has 1 atom stereocenters. The predicted molar refractivity (Wildman–Crippen MR) is 191 cm³/mol. The maximum Gasteiger partial charge on any atom is 0.416 e. The Morgan fingerprint density at radius 1 is 1.13 bits per heavy atom. The molecule has 2 aliphatic rings. The Labute approximate surface area is 310 Å². The van der Waals surface area contributed by atoms with Crippen molar-refractivity contribution in [1.82, 2.24) is 43.8 Å². The molecule has 0 radical (unpaired) electrons. The summed E-state index contributed by atoms with van der Waals surface area (Å²) in [6.45, 7) is 3.88. The van der Waals surface area contributed by atoms with Gasteiger partial charge in [0.2, 0.25) is 11.7 Å². The number of amides is 2. The molecule has 2 N–H and O–H groups in total. The first kappa shape index (κ1) is 36.6. The molecule has 15 nitrogen and oxygen atoms in total. The molecule has 1 saturated heterocycles. The van der Waals surface area contributed by atoms with Crippen LogP contribution in [0.1, 0.15) is 65.5 Å². The van der Waals surface area contributed by atoms with Crippen molar-refractivity contribution in [3.8, 4) is 5.75 Å². The van der Waals surface area contributed by atoms with Crippen molar-refractivity contribution in [1.29, 1.82) is 0 Å². The highest BCUT2D eigenvalue weighted by Crippen LogP contribution is 2.35. The molecule has 1 unspecified atom stereocenters. The fourth-order valence-electron chi connectivity index (χ4n) is 6.86. The largest absolute Gasteiger partial charge is 0.504 e. The highest BCUT2D eigenvalue weighted by Gasteiger charge is 2.33. The van der Waals surface area contributed by atoms with Crippen molar-refractivity contribution in [3.63, 3.8) is 0 Å². The number of halogens is 4. The van der Waals surface area contributed by atoms with Crippen LogP contribution in [0, 0.1) is 6.92 Å². The number of allylic oxidation sites excluding steroid dienone is 2. The number of nitrogens with zero attached hydrogens (tertiary/aromatic N) is 10. The van der Waals surface area contributed by atoms with Crippen LogP contribution in [-0.2, 0) is 23.9 Å². The number of carbonyl (C=O) groups excluding carboxylic acids is 2. The lowest BCUT2D eigenvalue weighted by Gasteiger charge is -2.36. The van der Waals surface area contributed by atoms with Gasteiger partial charge in [0.15, 0.2) is 17.3 Å². The third-order valence-electron chi connectivity index (χ3n) is 9.69. The van der Waals surface area contributed by atoms with Crippen LogP contribution in [0.4, 0.5) is 24.5 Å². The van der Waals surface area contributed by atoms with Gasteiger partial charge in [0.05, 0.1) is 33.7 Å². The highest BCUT2D eigenvalue weighted by atomic mass is 35.5. The zero-order chi connectivity index (χ0) is 38.3. The van der Waals surface area contributed by atoms with Crippen molar-refractivity contribution < 1.29 is 27.9 Å². The number of aromatic hydroxyl groups is 1. The molecule has 19 heteroatoms. The van der Waals surface area contributed by atoms with E-state index in [1.165, 1.54) is 15.7 Å². The Balaban J connectivity index is 1.23. The van der Waals surface area contributed by atoms with E-state index >= 15 is 0 Å². The van der Waals surface area contributed by atoms with Gasteiger partial charge >= 0.3 is 6.18 Å². The second-order valence-electron chi connectivity index (χ2n) is 13.0. The average Bonchev–Trinajstić information content (AvgIpc) is 3.86. The summed E-state index contributed by atoms with van der Waals surface area (Å²) in [6, 6.07) is 4.67. The molecule has 4 aromatic heterocycles. The van der Waals surface area contributed by atoms with Crippen molar-refractivity contribution in [2.45, 2.75) is 58.3 Å². The summed E-state index contributed by atoms with van der Waals surface area (Å²) >= 11 is 6.15. The Hall–Kier alpha value is -5.78. The fraction of sp³-hybridized carbons (Fsp3) is 0.371. The number of piperazine rings is 1. The summed E-state index contributed by atoms with van der Waals surface area (Å²) in [4.78, 5) is 57.2. The van der Waals surface area contributed by atoms with E-state index in [1.54, 1.807) is 17.7 Å². The van der Waals surface area contributed by atoms with Crippen LogP contribution in [0.15, 0.2) is 53.9 Å². The molecule has 5 aromatic rings. The van der Waals surface area contributed by atoms with Gasteiger partial charge in [0.1, 0.15) is 18.6 Å². The number of hydrogen-bond acceptors (Lipinski definition) is 10. The smallest absolute Gasteiger partial charge is 0.416 e. The average molecular weight is 766 g/mol. The summed E-state index contributed by atoms with van der Waals surface area (Å²) < 4.78 is 44.4. The minimum atomic E-state index is -4.62. The molecule has 7 rings (SSSR count). The van der Waals surface area contributed by atoms with Gasteiger partial charge in [-0.3, -0.25) is 19.1 Å². The topological polar surface area (TPSA) is 169 Å². The fourth-order valence-corrected chi connectivity index (χ4v) is 7.09. The van der Waals surface area contributed by atoms with E-state index in [-0.39, 0.29) is 78.1 Å². The minimum absolute atomic E-state index is 0.0167. The van der Waals surface area contributed by atoms with Crippen LogP contribution >= 0.6 is 11.6 Å². The second-order valence-corrected chi connectivity index (χ2v) is 13.4. The highest BCUT2D eigenvalue weighted by molar-refractivity contribution is 6.33. The Kier molecular flexibility index (Phi) is 9.86. The van der Waals surface area contributed by atoms with E-state index in [1.807, 2.05) is 34.8 Å². The second kappa shape index (κ2) is 14.6. The van der Waals surface area contributed by atoms with E-state index in [9.17, 15) is 32.7 Å². The molecule has 282 valence electrons. The number of rotatable bonds is 8. The van der Waals surface area contributed by atoms with E-state index in [2.05, 4.69) is 25.5 Å². The van der Waals surface area contributed by atoms with E-state index in [0.29, 0.717) is 30.8 Å². The first-order chi connectivity index (χ1) is 25.8.